The second-order valence-corrected chi connectivity index (χ2v) is 6.44. The summed E-state index contributed by atoms with van der Waals surface area (Å²) < 4.78 is 0. The highest BCUT2D eigenvalue weighted by molar-refractivity contribution is 8.13. The Morgan fingerprint density at radius 2 is 2.06 bits per heavy atom. The SMILES string of the molecule is CCC(CC)CN=C1NC2CCCCC2CS1. The lowest BCUT2D eigenvalue weighted by Crippen LogP contribution is -2.46. The lowest BCUT2D eigenvalue weighted by Gasteiger charge is -2.37. The highest BCUT2D eigenvalue weighted by atomic mass is 32.2. The van der Waals surface area contributed by atoms with Crippen molar-refractivity contribution in [3.8, 4) is 0 Å². The minimum absolute atomic E-state index is 0.727. The number of fused-ring (bicyclic) bond motifs is 1. The Bertz CT molecular complexity index is 261. The molecule has 2 aliphatic rings. The van der Waals surface area contributed by atoms with Crippen LogP contribution in [0.1, 0.15) is 52.4 Å². The number of nitrogens with zero attached hydrogens (tertiary/aromatic N) is 1. The van der Waals surface area contributed by atoms with Crippen LogP contribution in [0, 0.1) is 11.8 Å². The van der Waals surface area contributed by atoms with Gasteiger partial charge in [0.15, 0.2) is 5.17 Å². The van der Waals surface area contributed by atoms with Gasteiger partial charge in [-0.25, -0.2) is 0 Å². The van der Waals surface area contributed by atoms with Crippen molar-refractivity contribution in [3.05, 3.63) is 0 Å². The molecule has 2 unspecified atom stereocenters. The lowest BCUT2D eigenvalue weighted by molar-refractivity contribution is 0.311. The molecule has 2 fully saturated rings. The second-order valence-electron chi connectivity index (χ2n) is 5.43. The highest BCUT2D eigenvalue weighted by Crippen LogP contribution is 2.31. The number of hydrogen-bond donors (Lipinski definition) is 1. The van der Waals surface area contributed by atoms with Crippen LogP contribution in [0.2, 0.25) is 0 Å². The maximum Gasteiger partial charge on any atom is 0.156 e. The van der Waals surface area contributed by atoms with Gasteiger partial charge in [0, 0.05) is 18.3 Å². The van der Waals surface area contributed by atoms with Gasteiger partial charge in [-0.3, -0.25) is 4.99 Å². The van der Waals surface area contributed by atoms with Gasteiger partial charge in [0.05, 0.1) is 0 Å². The Labute approximate surface area is 110 Å². The second kappa shape index (κ2) is 6.67. The van der Waals surface area contributed by atoms with Crippen molar-refractivity contribution in [2.24, 2.45) is 16.8 Å². The van der Waals surface area contributed by atoms with Gasteiger partial charge >= 0.3 is 0 Å². The Morgan fingerprint density at radius 1 is 1.29 bits per heavy atom. The summed E-state index contributed by atoms with van der Waals surface area (Å²) in [7, 11) is 0. The molecule has 0 spiro atoms. The maximum atomic E-state index is 4.78. The van der Waals surface area contributed by atoms with Gasteiger partial charge < -0.3 is 5.32 Å². The molecule has 98 valence electrons. The number of aliphatic imine (C=N–C) groups is 1. The van der Waals surface area contributed by atoms with E-state index in [1.165, 1.54) is 49.4 Å². The molecule has 0 bridgehead atoms. The van der Waals surface area contributed by atoms with Gasteiger partial charge in [0.1, 0.15) is 0 Å². The van der Waals surface area contributed by atoms with Crippen LogP contribution in [0.25, 0.3) is 0 Å². The molecule has 2 rings (SSSR count). The molecule has 1 N–H and O–H groups in total. The normalized spacial score (nSPS) is 31.4. The number of nitrogens with one attached hydrogen (secondary N) is 1. The molecule has 0 amide bonds. The van der Waals surface area contributed by atoms with Gasteiger partial charge in [-0.2, -0.15) is 0 Å². The zero-order valence-electron chi connectivity index (χ0n) is 11.2. The van der Waals surface area contributed by atoms with Crippen LogP contribution >= 0.6 is 11.8 Å². The zero-order valence-corrected chi connectivity index (χ0v) is 12.1. The molecule has 0 aromatic heterocycles. The zero-order chi connectivity index (χ0) is 12.1. The third-order valence-corrected chi connectivity index (χ3v) is 5.42. The molecule has 1 aliphatic heterocycles. The van der Waals surface area contributed by atoms with E-state index in [9.17, 15) is 0 Å². The largest absolute Gasteiger partial charge is 0.362 e. The molecule has 0 aromatic carbocycles. The van der Waals surface area contributed by atoms with E-state index in [2.05, 4.69) is 19.2 Å². The van der Waals surface area contributed by atoms with E-state index in [0.717, 1.165) is 24.4 Å². The van der Waals surface area contributed by atoms with Crippen LogP contribution in [0.4, 0.5) is 0 Å². The van der Waals surface area contributed by atoms with Crippen molar-refractivity contribution < 1.29 is 0 Å². The van der Waals surface area contributed by atoms with Gasteiger partial charge in [-0.15, -0.1) is 0 Å². The van der Waals surface area contributed by atoms with E-state index in [1.54, 1.807) is 0 Å². The summed E-state index contributed by atoms with van der Waals surface area (Å²) >= 11 is 1.95. The van der Waals surface area contributed by atoms with E-state index in [1.807, 2.05) is 11.8 Å². The Morgan fingerprint density at radius 3 is 2.82 bits per heavy atom. The number of hydrogen-bond acceptors (Lipinski definition) is 2. The predicted molar refractivity (Wildman–Crippen MR) is 77.7 cm³/mol. The van der Waals surface area contributed by atoms with Crippen LogP contribution < -0.4 is 5.32 Å². The molecule has 1 saturated heterocycles. The third-order valence-electron chi connectivity index (χ3n) is 4.30. The molecule has 0 radical (unpaired) electrons. The molecule has 0 aromatic rings. The van der Waals surface area contributed by atoms with E-state index in [0.29, 0.717) is 0 Å². The van der Waals surface area contributed by atoms with Gasteiger partial charge in [-0.05, 0) is 24.7 Å². The summed E-state index contributed by atoms with van der Waals surface area (Å²) in [6.45, 7) is 5.56. The monoisotopic (exact) mass is 254 g/mol. The Hall–Kier alpha value is -0.180. The molecule has 3 heteroatoms. The summed E-state index contributed by atoms with van der Waals surface area (Å²) in [5.74, 6) is 2.97. The number of thioether (sulfide) groups is 1. The van der Waals surface area contributed by atoms with E-state index < -0.39 is 0 Å². The molecule has 2 atom stereocenters. The van der Waals surface area contributed by atoms with Crippen LogP contribution in [-0.4, -0.2) is 23.5 Å². The lowest BCUT2D eigenvalue weighted by atomic mass is 9.86. The Balaban J connectivity index is 1.84. The first-order chi connectivity index (χ1) is 8.33. The van der Waals surface area contributed by atoms with E-state index in [-0.39, 0.29) is 0 Å². The van der Waals surface area contributed by atoms with E-state index >= 15 is 0 Å². The minimum Gasteiger partial charge on any atom is -0.362 e. The summed E-state index contributed by atoms with van der Waals surface area (Å²) in [5.41, 5.74) is 0. The molecular formula is C14H26N2S. The van der Waals surface area contributed by atoms with Crippen molar-refractivity contribution >= 4 is 16.9 Å². The topological polar surface area (TPSA) is 24.4 Å². The van der Waals surface area contributed by atoms with Crippen molar-refractivity contribution in [2.45, 2.75) is 58.4 Å². The van der Waals surface area contributed by atoms with Crippen LogP contribution in [0.5, 0.6) is 0 Å². The summed E-state index contributed by atoms with van der Waals surface area (Å²) in [6.07, 6.45) is 8.12. The smallest absolute Gasteiger partial charge is 0.156 e. The molecule has 1 heterocycles. The maximum absolute atomic E-state index is 4.78. The third kappa shape index (κ3) is 3.64. The minimum atomic E-state index is 0.727. The molecule has 1 saturated carbocycles. The van der Waals surface area contributed by atoms with Crippen molar-refractivity contribution in [1.82, 2.24) is 5.32 Å². The average molecular weight is 254 g/mol. The molecule has 2 nitrogen and oxygen atoms in total. The average Bonchev–Trinajstić information content (AvgIpc) is 2.40. The fourth-order valence-electron chi connectivity index (χ4n) is 2.83. The standard InChI is InChI=1S/C14H26N2S/c1-3-11(4-2)9-15-14-16-13-8-6-5-7-12(13)10-17-14/h11-13H,3-10H2,1-2H3,(H,15,16). The fourth-order valence-corrected chi connectivity index (χ4v) is 4.01. The van der Waals surface area contributed by atoms with Crippen LogP contribution in [0.3, 0.4) is 0 Å². The van der Waals surface area contributed by atoms with Crippen molar-refractivity contribution in [3.63, 3.8) is 0 Å². The molecule has 1 aliphatic carbocycles. The van der Waals surface area contributed by atoms with Crippen LogP contribution in [-0.2, 0) is 0 Å². The number of amidine groups is 1. The van der Waals surface area contributed by atoms with Crippen LogP contribution in [0.15, 0.2) is 4.99 Å². The Kier molecular flexibility index (Phi) is 5.20. The summed E-state index contributed by atoms with van der Waals surface area (Å²) in [4.78, 5) is 4.78. The van der Waals surface area contributed by atoms with Crippen molar-refractivity contribution in [2.75, 3.05) is 12.3 Å². The fraction of sp³-hybridized carbons (Fsp3) is 0.929. The van der Waals surface area contributed by atoms with Gasteiger partial charge in [0.25, 0.3) is 0 Å². The quantitative estimate of drug-likeness (QED) is 0.827. The van der Waals surface area contributed by atoms with E-state index in [4.69, 9.17) is 4.99 Å². The molecular weight excluding hydrogens is 228 g/mol. The summed E-state index contributed by atoms with van der Waals surface area (Å²) in [5, 5.41) is 4.89. The first-order valence-electron chi connectivity index (χ1n) is 7.27. The van der Waals surface area contributed by atoms with Gasteiger partial charge in [-0.1, -0.05) is 51.3 Å². The molecule has 17 heavy (non-hydrogen) atoms. The predicted octanol–water partition coefficient (Wildman–Crippen LogP) is 3.67. The highest BCUT2D eigenvalue weighted by Gasteiger charge is 2.30. The first-order valence-corrected chi connectivity index (χ1v) is 8.25. The first kappa shape index (κ1) is 13.3. The number of rotatable bonds is 4. The van der Waals surface area contributed by atoms with Gasteiger partial charge in [0.2, 0.25) is 0 Å². The van der Waals surface area contributed by atoms with Crippen molar-refractivity contribution in [1.29, 1.82) is 0 Å². The summed E-state index contributed by atoms with van der Waals surface area (Å²) in [6, 6.07) is 0.727.